The summed E-state index contributed by atoms with van der Waals surface area (Å²) >= 11 is 1.55. The smallest absolute Gasteiger partial charge is 0.184 e. The molecule has 0 aliphatic carbocycles. The number of methoxy groups -OCH3 is 1. The number of hydrogen-bond acceptors (Lipinski definition) is 8. The summed E-state index contributed by atoms with van der Waals surface area (Å²) in [6.45, 7) is 1.96. The van der Waals surface area contributed by atoms with Crippen LogP contribution in [0, 0.1) is 6.92 Å². The summed E-state index contributed by atoms with van der Waals surface area (Å²) < 4.78 is 5.25. The number of hydrogen-bond donors (Lipinski definition) is 2. The summed E-state index contributed by atoms with van der Waals surface area (Å²) in [5, 5.41) is 15.1. The molecule has 0 bridgehead atoms. The van der Waals surface area contributed by atoms with Crippen LogP contribution in [0.1, 0.15) is 10.7 Å². The van der Waals surface area contributed by atoms with Crippen molar-refractivity contribution in [2.45, 2.75) is 13.2 Å². The number of thiazole rings is 1. The molecule has 1 aliphatic heterocycles. The third-order valence-electron chi connectivity index (χ3n) is 4.71. The van der Waals surface area contributed by atoms with Gasteiger partial charge < -0.3 is 15.2 Å². The summed E-state index contributed by atoms with van der Waals surface area (Å²) in [5.74, 6) is 0.896. The molecule has 1 aromatic carbocycles. The molecule has 0 radical (unpaired) electrons. The van der Waals surface area contributed by atoms with Crippen molar-refractivity contribution >= 4 is 34.1 Å². The number of aryl methyl sites for hydroxylation is 1. The van der Waals surface area contributed by atoms with E-state index in [0.29, 0.717) is 23.0 Å². The summed E-state index contributed by atoms with van der Waals surface area (Å²) in [6.07, 6.45) is 4.32. The van der Waals surface area contributed by atoms with Crippen molar-refractivity contribution in [3.05, 3.63) is 59.2 Å². The van der Waals surface area contributed by atoms with Gasteiger partial charge in [0.25, 0.3) is 0 Å². The van der Waals surface area contributed by atoms with E-state index in [0.717, 1.165) is 32.0 Å². The van der Waals surface area contributed by atoms with Crippen LogP contribution in [-0.4, -0.2) is 38.4 Å². The highest BCUT2D eigenvalue weighted by Crippen LogP contribution is 2.37. The molecule has 4 aromatic rings. The van der Waals surface area contributed by atoms with E-state index in [-0.39, 0.29) is 0 Å². The summed E-state index contributed by atoms with van der Waals surface area (Å²) in [4.78, 5) is 19.3. The highest BCUT2D eigenvalue weighted by Gasteiger charge is 2.25. The Morgan fingerprint density at radius 2 is 2.03 bits per heavy atom. The Labute approximate surface area is 170 Å². The number of nitrogens with one attached hydrogen (secondary N) is 1. The number of nitrogens with zero attached hydrogens (tertiary/aromatic N) is 4. The van der Waals surface area contributed by atoms with Gasteiger partial charge in [-0.15, -0.1) is 11.3 Å². The lowest BCUT2D eigenvalue weighted by Crippen LogP contribution is -2.27. The van der Waals surface area contributed by atoms with Crippen molar-refractivity contribution in [3.63, 3.8) is 0 Å². The van der Waals surface area contributed by atoms with Gasteiger partial charge in [-0.25, -0.2) is 15.0 Å². The van der Waals surface area contributed by atoms with E-state index in [1.165, 1.54) is 7.11 Å². The van der Waals surface area contributed by atoms with Gasteiger partial charge in [-0.2, -0.15) is 0 Å². The number of pyridine rings is 1. The molecule has 0 saturated heterocycles. The zero-order valence-corrected chi connectivity index (χ0v) is 16.6. The lowest BCUT2D eigenvalue weighted by molar-refractivity contribution is 0.149. The topological polar surface area (TPSA) is 93.1 Å². The van der Waals surface area contributed by atoms with Gasteiger partial charge >= 0.3 is 0 Å². The second kappa shape index (κ2) is 6.91. The monoisotopic (exact) mass is 403 g/mol. The first-order valence-electron chi connectivity index (χ1n) is 9.02. The number of aliphatic hydroxyl groups is 1. The quantitative estimate of drug-likeness (QED) is 0.537. The molecule has 3 aromatic heterocycles. The number of aliphatic hydroxyl groups excluding tert-OH is 1. The number of ether oxygens (including phenoxy) is 1. The molecule has 0 spiro atoms. The minimum atomic E-state index is -0.963. The Morgan fingerprint density at radius 1 is 1.14 bits per heavy atom. The second-order valence-corrected chi connectivity index (χ2v) is 7.84. The van der Waals surface area contributed by atoms with Crippen LogP contribution in [0.5, 0.6) is 0 Å². The van der Waals surface area contributed by atoms with Gasteiger partial charge in [0.1, 0.15) is 17.1 Å². The Bertz CT molecular complexity index is 1270. The van der Waals surface area contributed by atoms with E-state index in [4.69, 9.17) is 14.7 Å². The molecule has 29 heavy (non-hydrogen) atoms. The van der Waals surface area contributed by atoms with Crippen LogP contribution in [0.15, 0.2) is 48.5 Å². The van der Waals surface area contributed by atoms with E-state index < -0.39 is 6.23 Å². The maximum Gasteiger partial charge on any atom is 0.184 e. The zero-order valence-electron chi connectivity index (χ0n) is 15.7. The molecular weight excluding hydrogens is 386 g/mol. The zero-order chi connectivity index (χ0) is 20.0. The lowest BCUT2D eigenvalue weighted by atomic mass is 10.0. The van der Waals surface area contributed by atoms with Gasteiger partial charge in [-0.05, 0) is 25.1 Å². The summed E-state index contributed by atoms with van der Waals surface area (Å²) in [6, 6.07) is 9.97. The molecule has 5 rings (SSSR count). The van der Waals surface area contributed by atoms with Gasteiger partial charge in [-0.1, -0.05) is 12.1 Å². The third-order valence-corrected chi connectivity index (χ3v) is 5.63. The number of aromatic nitrogens is 4. The van der Waals surface area contributed by atoms with Crippen LogP contribution >= 0.6 is 11.3 Å². The van der Waals surface area contributed by atoms with Crippen molar-refractivity contribution < 1.29 is 9.84 Å². The van der Waals surface area contributed by atoms with Gasteiger partial charge in [0.2, 0.25) is 0 Å². The third kappa shape index (κ3) is 3.12. The first-order valence-corrected chi connectivity index (χ1v) is 9.84. The Morgan fingerprint density at radius 3 is 2.83 bits per heavy atom. The summed E-state index contributed by atoms with van der Waals surface area (Å²) in [5.41, 5.74) is 3.91. The standard InChI is InChI=1S/C21H17N5O2S/c1-11-23-10-17(29-11)19-18(13-5-6-14-12(8-13)4-3-7-22-14)24-15-9-16(28-2)21(27)26-20(15)25-19/h3-10,21,27H,1-2H3,(H,25,26). The predicted molar refractivity (Wildman–Crippen MR) is 113 cm³/mol. The van der Waals surface area contributed by atoms with Gasteiger partial charge in [0.05, 0.1) is 28.2 Å². The molecule has 7 nitrogen and oxygen atoms in total. The summed E-state index contributed by atoms with van der Waals surface area (Å²) in [7, 11) is 1.51. The molecule has 2 N–H and O–H groups in total. The number of benzene rings is 1. The fraction of sp³-hybridized carbons (Fsp3) is 0.143. The van der Waals surface area contributed by atoms with Crippen LogP contribution in [0.4, 0.5) is 5.82 Å². The fourth-order valence-corrected chi connectivity index (χ4v) is 4.07. The molecule has 144 valence electrons. The van der Waals surface area contributed by atoms with E-state index in [2.05, 4.69) is 21.4 Å². The molecule has 1 atom stereocenters. The number of rotatable bonds is 3. The normalized spacial score (nSPS) is 15.6. The molecule has 0 saturated carbocycles. The Kier molecular flexibility index (Phi) is 4.22. The largest absolute Gasteiger partial charge is 0.496 e. The molecule has 1 aliphatic rings. The van der Waals surface area contributed by atoms with Crippen molar-refractivity contribution in [2.75, 3.05) is 12.4 Å². The highest BCUT2D eigenvalue weighted by atomic mass is 32.1. The molecule has 4 heterocycles. The maximum atomic E-state index is 10.2. The van der Waals surface area contributed by atoms with Crippen LogP contribution in [0.3, 0.4) is 0 Å². The minimum Gasteiger partial charge on any atom is -0.496 e. The Hall–Kier alpha value is -3.36. The Balaban J connectivity index is 1.75. The molecule has 8 heteroatoms. The SMILES string of the molecule is COC1=Cc2nc(-c3ccc4ncccc4c3)c(-c3cnc(C)s3)nc2NC1O. The van der Waals surface area contributed by atoms with Crippen molar-refractivity contribution in [1.82, 2.24) is 19.9 Å². The first-order chi connectivity index (χ1) is 14.1. The predicted octanol–water partition coefficient (Wildman–Crippen LogP) is 3.85. The fourth-order valence-electron chi connectivity index (χ4n) is 3.31. The van der Waals surface area contributed by atoms with Crippen LogP contribution in [-0.2, 0) is 4.74 Å². The van der Waals surface area contributed by atoms with Crippen LogP contribution < -0.4 is 5.32 Å². The maximum absolute atomic E-state index is 10.2. The van der Waals surface area contributed by atoms with Gasteiger partial charge in [0, 0.05) is 29.4 Å². The average Bonchev–Trinajstić information content (AvgIpc) is 3.18. The van der Waals surface area contributed by atoms with E-state index in [1.54, 1.807) is 29.8 Å². The van der Waals surface area contributed by atoms with Crippen LogP contribution in [0.2, 0.25) is 0 Å². The average molecular weight is 403 g/mol. The molecular formula is C21H17N5O2S. The second-order valence-electron chi connectivity index (χ2n) is 6.61. The first kappa shape index (κ1) is 17.7. The van der Waals surface area contributed by atoms with E-state index >= 15 is 0 Å². The van der Waals surface area contributed by atoms with Crippen LogP contribution in [0.25, 0.3) is 38.8 Å². The van der Waals surface area contributed by atoms with Gasteiger partial charge in [-0.3, -0.25) is 4.98 Å². The minimum absolute atomic E-state index is 0.391. The van der Waals surface area contributed by atoms with E-state index in [9.17, 15) is 5.11 Å². The van der Waals surface area contributed by atoms with E-state index in [1.807, 2.05) is 31.2 Å². The van der Waals surface area contributed by atoms with Crippen molar-refractivity contribution in [3.8, 4) is 21.8 Å². The van der Waals surface area contributed by atoms with Crippen molar-refractivity contribution in [1.29, 1.82) is 0 Å². The number of anilines is 1. The highest BCUT2D eigenvalue weighted by molar-refractivity contribution is 7.15. The lowest BCUT2D eigenvalue weighted by Gasteiger charge is -2.23. The molecule has 0 fully saturated rings. The molecule has 0 amide bonds. The van der Waals surface area contributed by atoms with Gasteiger partial charge in [0.15, 0.2) is 12.0 Å². The molecule has 1 unspecified atom stereocenters. The van der Waals surface area contributed by atoms with Crippen molar-refractivity contribution in [2.24, 2.45) is 0 Å². The number of fused-ring (bicyclic) bond motifs is 2.